The molecule has 3 aromatic rings. The summed E-state index contributed by atoms with van der Waals surface area (Å²) in [6, 6.07) is 3.04. The summed E-state index contributed by atoms with van der Waals surface area (Å²) in [5.74, 6) is -0.733. The number of hydrogen-bond donors (Lipinski definition) is 2. The minimum absolute atomic E-state index is 0.0514. The van der Waals surface area contributed by atoms with Crippen molar-refractivity contribution in [3.8, 4) is 22.5 Å². The average Bonchev–Trinajstić information content (AvgIpc) is 3.25. The van der Waals surface area contributed by atoms with Gasteiger partial charge in [0, 0.05) is 49.8 Å². The van der Waals surface area contributed by atoms with Crippen LogP contribution in [0.15, 0.2) is 30.6 Å². The Morgan fingerprint density at radius 1 is 1.31 bits per heavy atom. The van der Waals surface area contributed by atoms with Crippen molar-refractivity contribution in [2.45, 2.75) is 45.6 Å². The van der Waals surface area contributed by atoms with E-state index in [1.54, 1.807) is 16.9 Å². The van der Waals surface area contributed by atoms with E-state index in [0.717, 1.165) is 12.3 Å². The molecule has 0 spiro atoms. The number of carbonyl (C=O) groups excluding carboxylic acids is 1. The van der Waals surface area contributed by atoms with Crippen molar-refractivity contribution >= 4 is 33.4 Å². The lowest BCUT2D eigenvalue weighted by molar-refractivity contribution is 0.167. The van der Waals surface area contributed by atoms with Gasteiger partial charge in [0.25, 0.3) is 0 Å². The molecule has 0 aliphatic carbocycles. The number of ether oxygens (including phenoxy) is 1. The van der Waals surface area contributed by atoms with Crippen LogP contribution in [0.4, 0.5) is 14.9 Å². The number of alkyl carbamates (subject to hydrolysis) is 1. The lowest BCUT2D eigenvalue weighted by Gasteiger charge is -2.12. The van der Waals surface area contributed by atoms with Crippen LogP contribution in [0.1, 0.15) is 41.8 Å². The van der Waals surface area contributed by atoms with Crippen LogP contribution in [-0.2, 0) is 21.2 Å². The fraction of sp³-hybridized carbons (Fsp3) is 0.391. The summed E-state index contributed by atoms with van der Waals surface area (Å²) in [7, 11) is -2.61. The SMILES string of the molecule is [2H]C([2H])(Cc1nccc(-c2cn(C(C)C)nc2-c2cc(Cl)cc(NS(C)(=O)=O)c2F)n1)[C@H](C)NC(=O)OC. The number of nitrogens with one attached hydrogen (secondary N) is 2. The summed E-state index contributed by atoms with van der Waals surface area (Å²) in [6.45, 7) is 5.25. The van der Waals surface area contributed by atoms with Crippen LogP contribution in [-0.4, -0.2) is 53.7 Å². The van der Waals surface area contributed by atoms with Gasteiger partial charge in [-0.25, -0.2) is 27.6 Å². The number of amides is 1. The Kier molecular flexibility index (Phi) is 7.61. The first-order valence-electron chi connectivity index (χ1n) is 11.8. The van der Waals surface area contributed by atoms with Crippen LogP contribution in [0.2, 0.25) is 5.02 Å². The molecule has 0 fully saturated rings. The molecule has 0 unspecified atom stereocenters. The number of nitrogens with zero attached hydrogens (tertiary/aromatic N) is 4. The molecule has 3 rings (SSSR count). The zero-order valence-corrected chi connectivity index (χ0v) is 21.9. The van der Waals surface area contributed by atoms with Crippen LogP contribution in [0, 0.1) is 5.82 Å². The molecular weight excluding hydrogens is 511 g/mol. The molecule has 13 heteroatoms. The van der Waals surface area contributed by atoms with Crippen molar-refractivity contribution in [3.05, 3.63) is 47.3 Å². The number of carbonyl (C=O) groups is 1. The second-order valence-electron chi connectivity index (χ2n) is 8.25. The number of methoxy groups -OCH3 is 1. The molecule has 1 atom stereocenters. The van der Waals surface area contributed by atoms with Gasteiger partial charge in [0.2, 0.25) is 10.0 Å². The molecule has 194 valence electrons. The Morgan fingerprint density at radius 2 is 2.03 bits per heavy atom. The van der Waals surface area contributed by atoms with Crippen molar-refractivity contribution < 1.29 is 25.1 Å². The maximum absolute atomic E-state index is 15.5. The normalized spacial score (nSPS) is 13.7. The van der Waals surface area contributed by atoms with Crippen molar-refractivity contribution in [2.24, 2.45) is 0 Å². The summed E-state index contributed by atoms with van der Waals surface area (Å²) >= 11 is 6.20. The molecule has 0 aliphatic rings. The third-order valence-electron chi connectivity index (χ3n) is 4.92. The van der Waals surface area contributed by atoms with Gasteiger partial charge in [-0.3, -0.25) is 9.40 Å². The zero-order valence-electron chi connectivity index (χ0n) is 22.3. The monoisotopic (exact) mass is 540 g/mol. The van der Waals surface area contributed by atoms with Gasteiger partial charge in [-0.1, -0.05) is 11.6 Å². The largest absolute Gasteiger partial charge is 0.453 e. The second kappa shape index (κ2) is 11.2. The predicted octanol–water partition coefficient (Wildman–Crippen LogP) is 4.43. The van der Waals surface area contributed by atoms with E-state index >= 15 is 4.39 Å². The van der Waals surface area contributed by atoms with E-state index in [1.165, 1.54) is 26.3 Å². The number of anilines is 1. The Morgan fingerprint density at radius 3 is 2.67 bits per heavy atom. The molecule has 0 radical (unpaired) electrons. The molecule has 0 saturated heterocycles. The van der Waals surface area contributed by atoms with Crippen LogP contribution in [0.3, 0.4) is 0 Å². The fourth-order valence-electron chi connectivity index (χ4n) is 3.24. The highest BCUT2D eigenvalue weighted by Gasteiger charge is 2.22. The zero-order chi connectivity index (χ0) is 28.4. The van der Waals surface area contributed by atoms with E-state index in [4.69, 9.17) is 14.3 Å². The highest BCUT2D eigenvalue weighted by molar-refractivity contribution is 7.92. The first kappa shape index (κ1) is 24.4. The quantitative estimate of drug-likeness (QED) is 0.411. The van der Waals surface area contributed by atoms with E-state index in [9.17, 15) is 13.2 Å². The minimum atomic E-state index is -3.79. The van der Waals surface area contributed by atoms with Crippen molar-refractivity contribution in [3.63, 3.8) is 0 Å². The molecule has 10 nitrogen and oxygen atoms in total. The lowest BCUT2D eigenvalue weighted by Crippen LogP contribution is -2.32. The van der Waals surface area contributed by atoms with Crippen LogP contribution >= 0.6 is 11.6 Å². The summed E-state index contributed by atoms with van der Waals surface area (Å²) < 4.78 is 64.1. The van der Waals surface area contributed by atoms with E-state index in [0.29, 0.717) is 11.3 Å². The van der Waals surface area contributed by atoms with Crippen LogP contribution in [0.5, 0.6) is 0 Å². The molecule has 0 aliphatic heterocycles. The summed E-state index contributed by atoms with van der Waals surface area (Å²) in [4.78, 5) is 20.2. The Balaban J connectivity index is 2.09. The number of sulfonamides is 1. The molecule has 2 heterocycles. The van der Waals surface area contributed by atoms with E-state index < -0.39 is 34.3 Å². The fourth-order valence-corrected chi connectivity index (χ4v) is 4.01. The van der Waals surface area contributed by atoms with E-state index in [-0.39, 0.29) is 40.3 Å². The Bertz CT molecular complexity index is 1450. The highest BCUT2D eigenvalue weighted by Crippen LogP contribution is 2.37. The van der Waals surface area contributed by atoms with Gasteiger partial charge in [0.05, 0.1) is 24.7 Å². The number of rotatable bonds is 9. The van der Waals surface area contributed by atoms with Crippen LogP contribution in [0.25, 0.3) is 22.5 Å². The van der Waals surface area contributed by atoms with Crippen molar-refractivity contribution in [2.75, 3.05) is 18.1 Å². The number of benzene rings is 1. The second-order valence-corrected chi connectivity index (χ2v) is 10.4. The number of aromatic nitrogens is 4. The molecule has 2 aromatic heterocycles. The van der Waals surface area contributed by atoms with Crippen molar-refractivity contribution in [1.82, 2.24) is 25.1 Å². The van der Waals surface area contributed by atoms with E-state index in [2.05, 4.69) is 29.8 Å². The molecule has 1 amide bonds. The topological polar surface area (TPSA) is 128 Å². The highest BCUT2D eigenvalue weighted by atomic mass is 35.5. The smallest absolute Gasteiger partial charge is 0.407 e. The molecule has 2 N–H and O–H groups in total. The summed E-state index contributed by atoms with van der Waals surface area (Å²) in [5.41, 5.74) is 0.505. The number of hydrogen-bond acceptors (Lipinski definition) is 7. The third kappa shape index (κ3) is 6.91. The maximum Gasteiger partial charge on any atom is 0.407 e. The molecule has 0 bridgehead atoms. The third-order valence-corrected chi connectivity index (χ3v) is 5.73. The predicted molar refractivity (Wildman–Crippen MR) is 136 cm³/mol. The van der Waals surface area contributed by atoms with Gasteiger partial charge in [0.1, 0.15) is 11.5 Å². The Hall–Kier alpha value is -3.25. The lowest BCUT2D eigenvalue weighted by atomic mass is 10.0. The molecular formula is C23H28ClFN6O4S. The van der Waals surface area contributed by atoms with E-state index in [1.807, 2.05) is 13.8 Å². The summed E-state index contributed by atoms with van der Waals surface area (Å²) in [5, 5.41) is 7.01. The van der Waals surface area contributed by atoms with Gasteiger partial charge in [-0.15, -0.1) is 0 Å². The molecule has 36 heavy (non-hydrogen) atoms. The van der Waals surface area contributed by atoms with Gasteiger partial charge in [-0.05, 0) is 45.3 Å². The number of halogens is 2. The van der Waals surface area contributed by atoms with Crippen LogP contribution < -0.4 is 10.0 Å². The molecule has 1 aromatic carbocycles. The van der Waals surface area contributed by atoms with Gasteiger partial charge < -0.3 is 10.1 Å². The maximum atomic E-state index is 15.5. The van der Waals surface area contributed by atoms with Gasteiger partial charge in [0.15, 0.2) is 5.82 Å². The van der Waals surface area contributed by atoms with Gasteiger partial charge >= 0.3 is 6.09 Å². The molecule has 0 saturated carbocycles. The van der Waals surface area contributed by atoms with Crippen molar-refractivity contribution in [1.29, 1.82) is 0 Å². The number of aryl methyl sites for hydroxylation is 1. The first-order valence-corrected chi connectivity index (χ1v) is 13.1. The average molecular weight is 541 g/mol. The Labute approximate surface area is 217 Å². The first-order chi connectivity index (χ1) is 17.6. The van der Waals surface area contributed by atoms with Gasteiger partial charge in [-0.2, -0.15) is 5.10 Å². The standard InChI is InChI=1S/C23H28ClFN6O4S/c1-13(2)31-12-17(18-8-9-26-20(28-18)7-6-14(3)27-23(32)35-4)22(29-31)16-10-15(24)11-19(21(16)25)30-36(5,33)34/h8-14,30H,6-7H2,1-5H3,(H,27,32)/t14-/m0/s1/i6D2. The summed E-state index contributed by atoms with van der Waals surface area (Å²) in [6.07, 6.45) is 1.06. The minimum Gasteiger partial charge on any atom is -0.453 e.